The smallest absolute Gasteiger partial charge is 0.185 e. The summed E-state index contributed by atoms with van der Waals surface area (Å²) in [6.07, 6.45) is 0. The average molecular weight is 244 g/mol. The molecule has 0 fully saturated rings. The molecule has 0 aromatic rings. The Morgan fingerprint density at radius 3 is 2.57 bits per heavy atom. The first-order valence-electron chi connectivity index (χ1n) is 5.22. The van der Waals surface area contributed by atoms with Crippen LogP contribution in [0.25, 0.3) is 0 Å². The summed E-state index contributed by atoms with van der Waals surface area (Å²) in [7, 11) is 1.47. The fraction of sp³-hybridized carbons (Fsp3) is 0.800. The summed E-state index contributed by atoms with van der Waals surface area (Å²) in [6.45, 7) is 10.8. The van der Waals surface area contributed by atoms with E-state index < -0.39 is 8.32 Å². The largest absolute Gasteiger partial charge is 0.420 e. The Morgan fingerprint density at radius 1 is 1.43 bits per heavy atom. The van der Waals surface area contributed by atoms with Gasteiger partial charge in [0.05, 0.1) is 9.52 Å². The van der Waals surface area contributed by atoms with Gasteiger partial charge in [-0.3, -0.25) is 0 Å². The van der Waals surface area contributed by atoms with Gasteiger partial charge in [-0.25, -0.2) is 0 Å². The van der Waals surface area contributed by atoms with Crippen molar-refractivity contribution in [2.75, 3.05) is 7.11 Å². The first-order chi connectivity index (χ1) is 6.52. The van der Waals surface area contributed by atoms with Gasteiger partial charge in [0.15, 0.2) is 8.32 Å². The van der Waals surface area contributed by atoms with Crippen molar-refractivity contribution in [3.63, 3.8) is 0 Å². The fourth-order valence-corrected chi connectivity index (χ4v) is 8.19. The lowest BCUT2D eigenvalue weighted by atomic mass is 10.9. The Bertz CT molecular complexity index is 159. The summed E-state index contributed by atoms with van der Waals surface area (Å²) < 4.78 is 5.55. The predicted molar refractivity (Wildman–Crippen MR) is 71.3 cm³/mol. The standard InChI is InChI=1S/C10H23OSi3/c1-6-12-7-8-13(3)9-10-14(4,5)11-2/h6H,1,7-10H2,2-5H3. The van der Waals surface area contributed by atoms with Crippen molar-refractivity contribution >= 4 is 26.6 Å². The van der Waals surface area contributed by atoms with Gasteiger partial charge in [0.2, 0.25) is 0 Å². The fourth-order valence-electron chi connectivity index (χ4n) is 1.13. The molecule has 0 spiro atoms. The lowest BCUT2D eigenvalue weighted by Gasteiger charge is -2.21. The van der Waals surface area contributed by atoms with E-state index in [1.807, 2.05) is 7.11 Å². The molecule has 1 nitrogen and oxygen atoms in total. The van der Waals surface area contributed by atoms with E-state index in [0.29, 0.717) is 0 Å². The van der Waals surface area contributed by atoms with E-state index in [2.05, 4.69) is 31.9 Å². The van der Waals surface area contributed by atoms with Crippen molar-refractivity contribution in [2.24, 2.45) is 0 Å². The Kier molecular flexibility index (Phi) is 7.81. The van der Waals surface area contributed by atoms with E-state index in [1.165, 1.54) is 24.2 Å². The highest BCUT2D eigenvalue weighted by Gasteiger charge is 2.21. The van der Waals surface area contributed by atoms with Gasteiger partial charge in [-0.2, -0.15) is 0 Å². The van der Waals surface area contributed by atoms with Crippen molar-refractivity contribution in [1.82, 2.24) is 0 Å². The van der Waals surface area contributed by atoms with Crippen LogP contribution in [0.2, 0.25) is 43.8 Å². The molecule has 0 unspecified atom stereocenters. The van der Waals surface area contributed by atoms with Gasteiger partial charge in [0.25, 0.3) is 0 Å². The van der Waals surface area contributed by atoms with Crippen LogP contribution >= 0.6 is 0 Å². The summed E-state index contributed by atoms with van der Waals surface area (Å²) in [5.41, 5.74) is 2.06. The van der Waals surface area contributed by atoms with Crippen LogP contribution in [0, 0.1) is 0 Å². The van der Waals surface area contributed by atoms with E-state index in [-0.39, 0.29) is 8.80 Å². The second kappa shape index (κ2) is 7.62. The summed E-state index contributed by atoms with van der Waals surface area (Å²) in [4.78, 5) is 0. The molecule has 0 aromatic carbocycles. The van der Waals surface area contributed by atoms with Gasteiger partial charge >= 0.3 is 0 Å². The highest BCUT2D eigenvalue weighted by Crippen LogP contribution is 2.16. The Morgan fingerprint density at radius 2 is 2.07 bits per heavy atom. The van der Waals surface area contributed by atoms with Crippen LogP contribution in [0.5, 0.6) is 0 Å². The second-order valence-electron chi connectivity index (χ2n) is 4.33. The zero-order valence-electron chi connectivity index (χ0n) is 10.0. The molecule has 0 rings (SSSR count). The lowest BCUT2D eigenvalue weighted by Crippen LogP contribution is -2.29. The number of rotatable bonds is 8. The average Bonchev–Trinajstić information content (AvgIpc) is 2.16. The molecule has 0 aliphatic carbocycles. The Labute approximate surface area is 94.5 Å². The number of hydrogen-bond acceptors (Lipinski definition) is 1. The number of hydrogen-bond donors (Lipinski definition) is 0. The third-order valence-corrected chi connectivity index (χ3v) is 9.14. The van der Waals surface area contributed by atoms with E-state index in [4.69, 9.17) is 4.43 Å². The van der Waals surface area contributed by atoms with E-state index in [1.54, 1.807) is 0 Å². The van der Waals surface area contributed by atoms with E-state index in [0.717, 1.165) is 9.52 Å². The van der Waals surface area contributed by atoms with Crippen LogP contribution in [-0.2, 0) is 4.43 Å². The second-order valence-corrected chi connectivity index (χ2v) is 13.0. The summed E-state index contributed by atoms with van der Waals surface area (Å²) in [5, 5.41) is 0. The van der Waals surface area contributed by atoms with E-state index in [9.17, 15) is 0 Å². The molecule has 3 radical (unpaired) electrons. The molecule has 81 valence electrons. The minimum Gasteiger partial charge on any atom is -0.420 e. The highest BCUT2D eigenvalue weighted by atomic mass is 28.4. The van der Waals surface area contributed by atoms with Gasteiger partial charge in [0.1, 0.15) is 0 Å². The third-order valence-electron chi connectivity index (χ3n) is 2.55. The van der Waals surface area contributed by atoms with Crippen LogP contribution in [-0.4, -0.2) is 33.7 Å². The SMILES string of the molecule is C=C[Si]CC[Si](C)CC[Si](C)(C)OC. The first-order valence-corrected chi connectivity index (χ1v) is 12.0. The molecule has 0 aromatic heterocycles. The minimum atomic E-state index is -1.28. The van der Waals surface area contributed by atoms with Crippen LogP contribution in [0.4, 0.5) is 0 Å². The van der Waals surface area contributed by atoms with Crippen LogP contribution < -0.4 is 0 Å². The molecule has 0 amide bonds. The highest BCUT2D eigenvalue weighted by molar-refractivity contribution is 6.73. The van der Waals surface area contributed by atoms with Crippen LogP contribution in [0.3, 0.4) is 0 Å². The zero-order valence-corrected chi connectivity index (χ0v) is 13.0. The summed E-state index contributed by atoms with van der Waals surface area (Å²) in [5.74, 6) is 0. The van der Waals surface area contributed by atoms with Crippen molar-refractivity contribution in [1.29, 1.82) is 0 Å². The van der Waals surface area contributed by atoms with Crippen molar-refractivity contribution in [3.8, 4) is 0 Å². The van der Waals surface area contributed by atoms with Crippen LogP contribution in [0.1, 0.15) is 0 Å². The molecule has 0 atom stereocenters. The Balaban J connectivity index is 3.52. The summed E-state index contributed by atoms with van der Waals surface area (Å²) >= 11 is 0. The van der Waals surface area contributed by atoms with Crippen molar-refractivity contribution in [2.45, 2.75) is 43.8 Å². The maximum Gasteiger partial charge on any atom is 0.185 e. The van der Waals surface area contributed by atoms with Gasteiger partial charge in [-0.05, 0) is 19.1 Å². The molecule has 0 aliphatic heterocycles. The van der Waals surface area contributed by atoms with Gasteiger partial charge < -0.3 is 4.43 Å². The maximum atomic E-state index is 5.55. The maximum absolute atomic E-state index is 5.55. The Hall–Kier alpha value is 0.351. The molecule has 0 heterocycles. The molecule has 14 heavy (non-hydrogen) atoms. The molecule has 0 saturated heterocycles. The normalized spacial score (nSPS) is 12.1. The van der Waals surface area contributed by atoms with Crippen LogP contribution in [0.15, 0.2) is 12.3 Å². The zero-order chi connectivity index (χ0) is 11.0. The molecular weight excluding hydrogens is 220 g/mol. The van der Waals surface area contributed by atoms with Crippen molar-refractivity contribution < 1.29 is 4.43 Å². The quantitative estimate of drug-likeness (QED) is 0.470. The minimum absolute atomic E-state index is 0.0910. The lowest BCUT2D eigenvalue weighted by molar-refractivity contribution is 0.405. The van der Waals surface area contributed by atoms with Gasteiger partial charge in [-0.1, -0.05) is 24.7 Å². The molecule has 0 saturated carbocycles. The molecule has 0 bridgehead atoms. The van der Waals surface area contributed by atoms with Crippen molar-refractivity contribution in [3.05, 3.63) is 12.3 Å². The monoisotopic (exact) mass is 243 g/mol. The van der Waals surface area contributed by atoms with Gasteiger partial charge in [-0.15, -0.1) is 12.3 Å². The predicted octanol–water partition coefficient (Wildman–Crippen LogP) is 3.23. The molecule has 0 N–H and O–H groups in total. The van der Waals surface area contributed by atoms with E-state index >= 15 is 0 Å². The van der Waals surface area contributed by atoms with Gasteiger partial charge in [0, 0.05) is 15.9 Å². The topological polar surface area (TPSA) is 9.23 Å². The molecular formula is C10H23OSi3. The molecule has 0 aliphatic rings. The first kappa shape index (κ1) is 14.4. The summed E-state index contributed by atoms with van der Waals surface area (Å²) in [6, 6.07) is 5.58. The molecule has 4 heteroatoms. The third kappa shape index (κ3) is 7.73.